The van der Waals surface area contributed by atoms with Crippen molar-refractivity contribution in [3.05, 3.63) is 58.3 Å². The van der Waals surface area contributed by atoms with Gasteiger partial charge in [-0.3, -0.25) is 4.98 Å². The van der Waals surface area contributed by atoms with Crippen LogP contribution < -0.4 is 0 Å². The molecule has 2 rings (SSSR count). The number of hydrogen-bond acceptors (Lipinski definition) is 3. The van der Waals surface area contributed by atoms with Gasteiger partial charge in [-0.25, -0.2) is 8.42 Å². The van der Waals surface area contributed by atoms with Crippen LogP contribution in [0.5, 0.6) is 0 Å². The van der Waals surface area contributed by atoms with Crippen molar-refractivity contribution in [2.75, 3.05) is 7.05 Å². The fourth-order valence-electron chi connectivity index (χ4n) is 1.94. The zero-order valence-electron chi connectivity index (χ0n) is 12.0. The first kappa shape index (κ1) is 16.1. The topological polar surface area (TPSA) is 50.3 Å². The average molecular weight is 369 g/mol. The third-order valence-electron chi connectivity index (χ3n) is 3.22. The number of aromatic nitrogens is 1. The highest BCUT2D eigenvalue weighted by molar-refractivity contribution is 9.10. The molecule has 0 spiro atoms. The lowest BCUT2D eigenvalue weighted by Gasteiger charge is -2.17. The smallest absolute Gasteiger partial charge is 0.244 e. The van der Waals surface area contributed by atoms with Gasteiger partial charge in [0.2, 0.25) is 10.0 Å². The van der Waals surface area contributed by atoms with E-state index in [-0.39, 0.29) is 4.90 Å². The molecular weight excluding hydrogens is 352 g/mol. The molecular formula is C15H17BrN2O2S. The molecule has 0 atom stereocenters. The molecule has 2 aromatic rings. The SMILES string of the molecule is CCc1ccc(CN(C)S(=O)(=O)c2cncc(Br)c2)cc1. The highest BCUT2D eigenvalue weighted by atomic mass is 79.9. The minimum Gasteiger partial charge on any atom is -0.262 e. The standard InChI is InChI=1S/C15H17BrN2O2S/c1-3-12-4-6-13(7-5-12)11-18(2)21(19,20)15-8-14(16)9-17-10-15/h4-10H,3,11H2,1-2H3. The van der Waals surface area contributed by atoms with Crippen molar-refractivity contribution in [2.24, 2.45) is 0 Å². The maximum Gasteiger partial charge on any atom is 0.244 e. The Kier molecular flexibility index (Phi) is 5.13. The Hall–Kier alpha value is -1.24. The van der Waals surface area contributed by atoms with Gasteiger partial charge in [-0.1, -0.05) is 31.2 Å². The van der Waals surface area contributed by atoms with Crippen LogP contribution in [-0.2, 0) is 23.0 Å². The third-order valence-corrected chi connectivity index (χ3v) is 5.43. The molecule has 0 aliphatic carbocycles. The van der Waals surface area contributed by atoms with Gasteiger partial charge in [-0.05, 0) is 39.5 Å². The Morgan fingerprint density at radius 2 is 1.76 bits per heavy atom. The summed E-state index contributed by atoms with van der Waals surface area (Å²) in [5, 5.41) is 0. The van der Waals surface area contributed by atoms with Crippen molar-refractivity contribution in [1.82, 2.24) is 9.29 Å². The molecule has 0 aliphatic heterocycles. The van der Waals surface area contributed by atoms with E-state index in [2.05, 4.69) is 27.8 Å². The summed E-state index contributed by atoms with van der Waals surface area (Å²) in [6.07, 6.45) is 3.89. The largest absolute Gasteiger partial charge is 0.262 e. The van der Waals surface area contributed by atoms with Crippen molar-refractivity contribution in [2.45, 2.75) is 24.8 Å². The van der Waals surface area contributed by atoms with Crippen molar-refractivity contribution in [3.63, 3.8) is 0 Å². The molecule has 0 N–H and O–H groups in total. The summed E-state index contributed by atoms with van der Waals surface area (Å²) in [4.78, 5) is 4.09. The van der Waals surface area contributed by atoms with Gasteiger partial charge in [0.1, 0.15) is 4.90 Å². The Bertz CT molecular complexity index is 715. The molecule has 0 unspecified atom stereocenters. The molecule has 1 aromatic carbocycles. The lowest BCUT2D eigenvalue weighted by atomic mass is 10.1. The fraction of sp³-hybridized carbons (Fsp3) is 0.267. The van der Waals surface area contributed by atoms with E-state index in [9.17, 15) is 8.42 Å². The quantitative estimate of drug-likeness (QED) is 0.813. The molecule has 112 valence electrons. The monoisotopic (exact) mass is 368 g/mol. The maximum atomic E-state index is 12.5. The van der Waals surface area contributed by atoms with E-state index in [1.54, 1.807) is 19.3 Å². The molecule has 21 heavy (non-hydrogen) atoms. The normalized spacial score (nSPS) is 11.8. The van der Waals surface area contributed by atoms with E-state index >= 15 is 0 Å². The number of benzene rings is 1. The lowest BCUT2D eigenvalue weighted by Crippen LogP contribution is -2.26. The number of hydrogen-bond donors (Lipinski definition) is 0. The van der Waals surface area contributed by atoms with E-state index in [0.29, 0.717) is 11.0 Å². The molecule has 4 nitrogen and oxygen atoms in total. The summed E-state index contributed by atoms with van der Waals surface area (Å²) < 4.78 is 26.9. The number of nitrogens with zero attached hydrogens (tertiary/aromatic N) is 2. The number of rotatable bonds is 5. The van der Waals surface area contributed by atoms with E-state index in [4.69, 9.17) is 0 Å². The van der Waals surface area contributed by atoms with Crippen LogP contribution in [-0.4, -0.2) is 24.8 Å². The van der Waals surface area contributed by atoms with Crippen LogP contribution in [0.25, 0.3) is 0 Å². The summed E-state index contributed by atoms with van der Waals surface area (Å²) in [6, 6.07) is 9.53. The second-order valence-electron chi connectivity index (χ2n) is 4.77. The molecule has 0 saturated heterocycles. The zero-order chi connectivity index (χ0) is 15.5. The van der Waals surface area contributed by atoms with Crippen LogP contribution in [0.15, 0.2) is 52.1 Å². The first-order valence-corrected chi connectivity index (χ1v) is 8.81. The van der Waals surface area contributed by atoms with Crippen molar-refractivity contribution < 1.29 is 8.42 Å². The third kappa shape index (κ3) is 3.90. The van der Waals surface area contributed by atoms with Crippen LogP contribution in [0.1, 0.15) is 18.1 Å². The van der Waals surface area contributed by atoms with E-state index in [0.717, 1.165) is 12.0 Å². The van der Waals surface area contributed by atoms with E-state index in [1.807, 2.05) is 24.3 Å². The van der Waals surface area contributed by atoms with Crippen molar-refractivity contribution in [1.29, 1.82) is 0 Å². The van der Waals surface area contributed by atoms with Gasteiger partial charge in [0.25, 0.3) is 0 Å². The number of pyridine rings is 1. The average Bonchev–Trinajstić information content (AvgIpc) is 2.48. The second-order valence-corrected chi connectivity index (χ2v) is 7.73. The Balaban J connectivity index is 2.20. The van der Waals surface area contributed by atoms with Crippen LogP contribution in [0.3, 0.4) is 0 Å². The van der Waals surface area contributed by atoms with Crippen LogP contribution in [0.2, 0.25) is 0 Å². The van der Waals surface area contributed by atoms with E-state index < -0.39 is 10.0 Å². The first-order chi connectivity index (χ1) is 9.93. The minimum absolute atomic E-state index is 0.185. The number of aryl methyl sites for hydroxylation is 1. The minimum atomic E-state index is -3.53. The van der Waals surface area contributed by atoms with Crippen LogP contribution in [0.4, 0.5) is 0 Å². The maximum absolute atomic E-state index is 12.5. The summed E-state index contributed by atoms with van der Waals surface area (Å²) >= 11 is 3.24. The summed E-state index contributed by atoms with van der Waals surface area (Å²) in [6.45, 7) is 2.42. The molecule has 0 fully saturated rings. The molecule has 1 aromatic heterocycles. The number of halogens is 1. The van der Waals surface area contributed by atoms with Gasteiger partial charge in [-0.15, -0.1) is 0 Å². The van der Waals surface area contributed by atoms with Gasteiger partial charge in [-0.2, -0.15) is 4.31 Å². The highest BCUT2D eigenvalue weighted by Crippen LogP contribution is 2.19. The van der Waals surface area contributed by atoms with Gasteiger partial charge in [0.15, 0.2) is 0 Å². The number of sulfonamides is 1. The predicted molar refractivity (Wildman–Crippen MR) is 86.4 cm³/mol. The van der Waals surface area contributed by atoms with Crippen molar-refractivity contribution in [3.8, 4) is 0 Å². The van der Waals surface area contributed by atoms with Gasteiger partial charge in [0.05, 0.1) is 0 Å². The molecule has 1 heterocycles. The Labute approximate surface area is 134 Å². The van der Waals surface area contributed by atoms with Gasteiger partial charge < -0.3 is 0 Å². The van der Waals surface area contributed by atoms with Crippen LogP contribution >= 0.6 is 15.9 Å². The van der Waals surface area contributed by atoms with Crippen LogP contribution in [0, 0.1) is 0 Å². The summed E-state index contributed by atoms with van der Waals surface area (Å²) in [7, 11) is -1.96. The lowest BCUT2D eigenvalue weighted by molar-refractivity contribution is 0.466. The second kappa shape index (κ2) is 6.68. The van der Waals surface area contributed by atoms with Gasteiger partial charge >= 0.3 is 0 Å². The molecule has 0 radical (unpaired) electrons. The molecule has 6 heteroatoms. The molecule has 0 aliphatic rings. The fourth-order valence-corrected chi connectivity index (χ4v) is 3.60. The molecule has 0 saturated carbocycles. The van der Waals surface area contributed by atoms with Gasteiger partial charge in [0, 0.05) is 30.5 Å². The Morgan fingerprint density at radius 1 is 1.14 bits per heavy atom. The first-order valence-electron chi connectivity index (χ1n) is 6.58. The highest BCUT2D eigenvalue weighted by Gasteiger charge is 2.21. The molecule has 0 amide bonds. The molecule has 0 bridgehead atoms. The summed E-state index contributed by atoms with van der Waals surface area (Å²) in [5.74, 6) is 0. The predicted octanol–water partition coefficient (Wildman–Crippen LogP) is 3.23. The van der Waals surface area contributed by atoms with E-state index in [1.165, 1.54) is 16.1 Å². The zero-order valence-corrected chi connectivity index (χ0v) is 14.4. The summed E-state index contributed by atoms with van der Waals surface area (Å²) in [5.41, 5.74) is 2.20. The Morgan fingerprint density at radius 3 is 2.33 bits per heavy atom. The van der Waals surface area contributed by atoms with Crippen molar-refractivity contribution >= 4 is 26.0 Å².